The molecule has 136 valence electrons. The Kier molecular flexibility index (Phi) is 4.11. The van der Waals surface area contributed by atoms with Crippen LogP contribution >= 0.6 is 0 Å². The lowest BCUT2D eigenvalue weighted by molar-refractivity contribution is 0.0923. The number of nitrogens with one attached hydrogen (secondary N) is 1. The molecule has 0 spiro atoms. The molecule has 8 nitrogen and oxygen atoms in total. The summed E-state index contributed by atoms with van der Waals surface area (Å²) in [4.78, 5) is 28.9. The second kappa shape index (κ2) is 6.60. The highest BCUT2D eigenvalue weighted by molar-refractivity contribution is 5.96. The van der Waals surface area contributed by atoms with Crippen LogP contribution in [0.4, 0.5) is 10.3 Å². The van der Waals surface area contributed by atoms with Gasteiger partial charge in [-0.05, 0) is 17.7 Å². The Bertz CT molecular complexity index is 1040. The number of hydrogen-bond acceptors (Lipinski definition) is 7. The number of carbonyl (C=O) groups excluding carboxylic acids is 1. The molecule has 9 heteroatoms. The van der Waals surface area contributed by atoms with Crippen LogP contribution in [0.25, 0.3) is 11.3 Å². The molecule has 0 unspecified atom stereocenters. The van der Waals surface area contributed by atoms with E-state index in [1.54, 1.807) is 6.07 Å². The molecule has 1 amide bonds. The smallest absolute Gasteiger partial charge is 0.255 e. The van der Waals surface area contributed by atoms with Gasteiger partial charge < -0.3 is 15.8 Å². The zero-order valence-corrected chi connectivity index (χ0v) is 14.3. The van der Waals surface area contributed by atoms with Crippen LogP contribution in [0.1, 0.15) is 27.7 Å². The van der Waals surface area contributed by atoms with Gasteiger partial charge in [0.1, 0.15) is 5.82 Å². The molecule has 3 N–H and O–H groups in total. The summed E-state index contributed by atoms with van der Waals surface area (Å²) in [6.45, 7) is 0. The Balaban J connectivity index is 1.80. The van der Waals surface area contributed by atoms with Crippen molar-refractivity contribution >= 4 is 11.9 Å². The van der Waals surface area contributed by atoms with Crippen LogP contribution in [-0.4, -0.2) is 33.0 Å². The topological polar surface area (TPSA) is 116 Å². The van der Waals surface area contributed by atoms with Gasteiger partial charge in [-0.25, -0.2) is 19.3 Å². The number of nitrogen functional groups attached to an aromatic ring is 1. The number of benzene rings is 1. The maximum atomic E-state index is 13.9. The van der Waals surface area contributed by atoms with E-state index in [-0.39, 0.29) is 11.9 Å². The standard InChI is InChI=1S/C18H15FN6O2/c1-27-16-8-21-7-15(23-16)11-4-9(19)2-3-10(11)13-5-14-12(17(26)24-13)6-22-18(20)25-14/h2-4,6-8,13H,5H2,1H3,(H,24,26)(H2,20,22,25)/t13-/m1/s1. The first-order valence-electron chi connectivity index (χ1n) is 8.13. The normalized spacial score (nSPS) is 15.8. The maximum Gasteiger partial charge on any atom is 0.255 e. The van der Waals surface area contributed by atoms with Gasteiger partial charge >= 0.3 is 0 Å². The lowest BCUT2D eigenvalue weighted by Crippen LogP contribution is -2.36. The lowest BCUT2D eigenvalue weighted by Gasteiger charge is -2.26. The van der Waals surface area contributed by atoms with Crippen molar-refractivity contribution in [3.05, 3.63) is 59.4 Å². The van der Waals surface area contributed by atoms with Crippen molar-refractivity contribution in [2.24, 2.45) is 0 Å². The van der Waals surface area contributed by atoms with Gasteiger partial charge in [0.25, 0.3) is 5.91 Å². The number of carbonyl (C=O) groups is 1. The minimum atomic E-state index is -0.428. The van der Waals surface area contributed by atoms with E-state index >= 15 is 0 Å². The molecule has 2 aromatic heterocycles. The zero-order chi connectivity index (χ0) is 19.0. The van der Waals surface area contributed by atoms with Crippen molar-refractivity contribution in [1.82, 2.24) is 25.3 Å². The van der Waals surface area contributed by atoms with E-state index in [1.165, 1.54) is 37.8 Å². The van der Waals surface area contributed by atoms with Crippen LogP contribution in [0.3, 0.4) is 0 Å². The summed E-state index contributed by atoms with van der Waals surface area (Å²) in [5.74, 6) is -0.331. The Hall–Kier alpha value is -3.62. The minimum Gasteiger partial charge on any atom is -0.480 e. The second-order valence-electron chi connectivity index (χ2n) is 6.00. The number of nitrogens with two attached hydrogens (primary N) is 1. The molecule has 0 saturated carbocycles. The fourth-order valence-electron chi connectivity index (χ4n) is 3.08. The molecule has 4 rings (SSSR count). The van der Waals surface area contributed by atoms with E-state index in [2.05, 4.69) is 25.3 Å². The van der Waals surface area contributed by atoms with E-state index in [0.717, 1.165) is 0 Å². The average Bonchev–Trinajstić information content (AvgIpc) is 2.67. The molecule has 0 fully saturated rings. The quantitative estimate of drug-likeness (QED) is 0.724. The van der Waals surface area contributed by atoms with Crippen molar-refractivity contribution in [3.63, 3.8) is 0 Å². The van der Waals surface area contributed by atoms with Crippen LogP contribution in [0.15, 0.2) is 36.8 Å². The monoisotopic (exact) mass is 366 g/mol. The Morgan fingerprint density at radius 1 is 1.22 bits per heavy atom. The van der Waals surface area contributed by atoms with Crippen molar-refractivity contribution in [2.45, 2.75) is 12.5 Å². The summed E-state index contributed by atoms with van der Waals surface area (Å²) in [7, 11) is 1.47. The zero-order valence-electron chi connectivity index (χ0n) is 14.3. The largest absolute Gasteiger partial charge is 0.480 e. The predicted octanol–water partition coefficient (Wildman–Crippen LogP) is 1.69. The minimum absolute atomic E-state index is 0.0974. The number of aromatic nitrogens is 4. The van der Waals surface area contributed by atoms with Gasteiger partial charge in [-0.3, -0.25) is 9.78 Å². The average molecular weight is 366 g/mol. The molecule has 0 aliphatic carbocycles. The summed E-state index contributed by atoms with van der Waals surface area (Å²) in [6, 6.07) is 3.88. The predicted molar refractivity (Wildman–Crippen MR) is 94.3 cm³/mol. The van der Waals surface area contributed by atoms with E-state index in [9.17, 15) is 9.18 Å². The van der Waals surface area contributed by atoms with Crippen LogP contribution in [-0.2, 0) is 6.42 Å². The first-order chi connectivity index (χ1) is 13.0. The highest BCUT2D eigenvalue weighted by Crippen LogP contribution is 2.32. The third-order valence-corrected chi connectivity index (χ3v) is 4.32. The molecule has 3 heterocycles. The highest BCUT2D eigenvalue weighted by atomic mass is 19.1. The molecule has 27 heavy (non-hydrogen) atoms. The van der Waals surface area contributed by atoms with Gasteiger partial charge in [0.2, 0.25) is 11.8 Å². The molecule has 1 aliphatic rings. The van der Waals surface area contributed by atoms with E-state index < -0.39 is 11.9 Å². The fourth-order valence-corrected chi connectivity index (χ4v) is 3.08. The molecular weight excluding hydrogens is 351 g/mol. The first-order valence-corrected chi connectivity index (χ1v) is 8.13. The second-order valence-corrected chi connectivity index (χ2v) is 6.00. The molecule has 0 bridgehead atoms. The number of ether oxygens (including phenoxy) is 1. The maximum absolute atomic E-state index is 13.9. The molecule has 3 aromatic rings. The van der Waals surface area contributed by atoms with Gasteiger partial charge in [0.05, 0.1) is 42.5 Å². The Morgan fingerprint density at radius 2 is 2.07 bits per heavy atom. The number of hydrogen-bond donors (Lipinski definition) is 2. The lowest BCUT2D eigenvalue weighted by atomic mass is 9.91. The molecular formula is C18H15FN6O2. The number of methoxy groups -OCH3 is 1. The van der Waals surface area contributed by atoms with E-state index in [4.69, 9.17) is 10.5 Å². The van der Waals surface area contributed by atoms with Gasteiger partial charge in [-0.15, -0.1) is 0 Å². The van der Waals surface area contributed by atoms with Gasteiger partial charge in [-0.1, -0.05) is 6.07 Å². The summed E-state index contributed by atoms with van der Waals surface area (Å²) in [6.07, 6.45) is 4.77. The molecule has 0 saturated heterocycles. The van der Waals surface area contributed by atoms with Crippen molar-refractivity contribution in [1.29, 1.82) is 0 Å². The Morgan fingerprint density at radius 3 is 2.89 bits per heavy atom. The molecule has 1 atom stereocenters. The van der Waals surface area contributed by atoms with E-state index in [1.807, 2.05) is 0 Å². The molecule has 1 aromatic carbocycles. The van der Waals surface area contributed by atoms with Crippen LogP contribution in [0.2, 0.25) is 0 Å². The number of rotatable bonds is 3. The first kappa shape index (κ1) is 16.8. The summed E-state index contributed by atoms with van der Waals surface area (Å²) >= 11 is 0. The number of nitrogens with zero attached hydrogens (tertiary/aromatic N) is 4. The van der Waals surface area contributed by atoms with Crippen LogP contribution < -0.4 is 15.8 Å². The summed E-state index contributed by atoms with van der Waals surface area (Å²) in [5, 5.41) is 2.90. The number of anilines is 1. The van der Waals surface area contributed by atoms with E-state index in [0.29, 0.717) is 40.4 Å². The van der Waals surface area contributed by atoms with Gasteiger partial charge in [-0.2, -0.15) is 0 Å². The number of halogens is 1. The molecule has 1 aliphatic heterocycles. The highest BCUT2D eigenvalue weighted by Gasteiger charge is 2.29. The number of amides is 1. The summed E-state index contributed by atoms with van der Waals surface area (Å²) in [5.41, 5.74) is 8.21. The number of fused-ring (bicyclic) bond motifs is 1. The van der Waals surface area contributed by atoms with Crippen LogP contribution in [0.5, 0.6) is 5.88 Å². The van der Waals surface area contributed by atoms with Crippen molar-refractivity contribution in [3.8, 4) is 17.1 Å². The Labute approximate surface area is 153 Å². The van der Waals surface area contributed by atoms with Crippen molar-refractivity contribution in [2.75, 3.05) is 12.8 Å². The third-order valence-electron chi connectivity index (χ3n) is 4.32. The fraction of sp³-hybridized carbons (Fsp3) is 0.167. The summed E-state index contributed by atoms with van der Waals surface area (Å²) < 4.78 is 19.0. The van der Waals surface area contributed by atoms with Gasteiger partial charge in [0, 0.05) is 18.2 Å². The third kappa shape index (κ3) is 3.14. The SMILES string of the molecule is COc1cncc(-c2cc(F)ccc2[C@H]2Cc3nc(N)ncc3C(=O)N2)n1. The van der Waals surface area contributed by atoms with Gasteiger partial charge in [0.15, 0.2) is 0 Å². The van der Waals surface area contributed by atoms with Crippen LogP contribution in [0, 0.1) is 5.82 Å². The van der Waals surface area contributed by atoms with Crippen molar-refractivity contribution < 1.29 is 13.9 Å². The molecule has 0 radical (unpaired) electrons.